The molecule has 0 unspecified atom stereocenters. The van der Waals surface area contributed by atoms with E-state index in [1.165, 1.54) is 24.3 Å². The third-order valence-electron chi connectivity index (χ3n) is 4.43. The molecule has 8 nitrogen and oxygen atoms in total. The Hall–Kier alpha value is -4.35. The molecule has 0 bridgehead atoms. The summed E-state index contributed by atoms with van der Waals surface area (Å²) in [5, 5.41) is 16.8. The molecule has 162 valence electrons. The SMILES string of the molecule is O=C(Nc1ccc([N+](=O)[O-])cc1)c1cc2nc(-c3ccc(F)cc3)cc(C(F)(F)F)n2n1. The number of amides is 1. The standard InChI is InChI=1S/C20H11F4N5O3/c21-12-3-1-11(2-4-12)15-9-17(20(22,23)24)28-18(26-15)10-16(27-28)19(30)25-13-5-7-14(8-6-13)29(31)32/h1-10H,(H,25,30). The number of fused-ring (bicyclic) bond motifs is 1. The van der Waals surface area contributed by atoms with Gasteiger partial charge in [0.2, 0.25) is 0 Å². The van der Waals surface area contributed by atoms with E-state index in [1.54, 1.807) is 0 Å². The van der Waals surface area contributed by atoms with Gasteiger partial charge in [-0.3, -0.25) is 14.9 Å². The molecule has 0 saturated heterocycles. The predicted octanol–water partition coefficient (Wildman–Crippen LogP) is 4.71. The monoisotopic (exact) mass is 445 g/mol. The highest BCUT2D eigenvalue weighted by Crippen LogP contribution is 2.32. The first-order valence-electron chi connectivity index (χ1n) is 8.91. The van der Waals surface area contributed by atoms with E-state index in [1.807, 2.05) is 0 Å². The largest absolute Gasteiger partial charge is 0.433 e. The number of nitro groups is 1. The van der Waals surface area contributed by atoms with Crippen molar-refractivity contribution in [1.82, 2.24) is 14.6 Å². The fraction of sp³-hybridized carbons (Fsp3) is 0.0500. The number of nitrogens with zero attached hydrogens (tertiary/aromatic N) is 4. The number of aromatic nitrogens is 3. The van der Waals surface area contributed by atoms with Gasteiger partial charge in [0.15, 0.2) is 17.0 Å². The molecule has 32 heavy (non-hydrogen) atoms. The van der Waals surface area contributed by atoms with Gasteiger partial charge in [0, 0.05) is 29.4 Å². The van der Waals surface area contributed by atoms with Crippen LogP contribution in [0.2, 0.25) is 0 Å². The minimum Gasteiger partial charge on any atom is -0.321 e. The molecule has 1 N–H and O–H groups in total. The smallest absolute Gasteiger partial charge is 0.321 e. The molecule has 0 fully saturated rings. The van der Waals surface area contributed by atoms with Crippen LogP contribution in [-0.4, -0.2) is 25.4 Å². The van der Waals surface area contributed by atoms with Gasteiger partial charge < -0.3 is 5.32 Å². The van der Waals surface area contributed by atoms with Crippen molar-refractivity contribution in [3.8, 4) is 11.3 Å². The van der Waals surface area contributed by atoms with E-state index in [4.69, 9.17) is 0 Å². The summed E-state index contributed by atoms with van der Waals surface area (Å²) in [4.78, 5) is 26.7. The van der Waals surface area contributed by atoms with Crippen LogP contribution >= 0.6 is 0 Å². The third-order valence-corrected chi connectivity index (χ3v) is 4.43. The maximum absolute atomic E-state index is 13.6. The van der Waals surface area contributed by atoms with E-state index >= 15 is 0 Å². The lowest BCUT2D eigenvalue weighted by Gasteiger charge is -2.11. The summed E-state index contributed by atoms with van der Waals surface area (Å²) in [5.41, 5.74) is -1.59. The molecular formula is C20H11F4N5O3. The van der Waals surface area contributed by atoms with Crippen LogP contribution in [0.25, 0.3) is 16.9 Å². The average molecular weight is 445 g/mol. The number of carbonyl (C=O) groups is 1. The van der Waals surface area contributed by atoms with Crippen molar-refractivity contribution in [2.45, 2.75) is 6.18 Å². The number of alkyl halides is 3. The molecule has 4 rings (SSSR count). The first kappa shape index (κ1) is 20.9. The molecule has 12 heteroatoms. The summed E-state index contributed by atoms with van der Waals surface area (Å²) >= 11 is 0. The van der Waals surface area contributed by atoms with Gasteiger partial charge in [-0.05, 0) is 42.5 Å². The molecular weight excluding hydrogens is 434 g/mol. The second-order valence-corrected chi connectivity index (χ2v) is 6.59. The van der Waals surface area contributed by atoms with Crippen molar-refractivity contribution in [3.63, 3.8) is 0 Å². The highest BCUT2D eigenvalue weighted by molar-refractivity contribution is 6.03. The molecule has 0 aliphatic heterocycles. The van der Waals surface area contributed by atoms with E-state index in [0.717, 1.165) is 36.4 Å². The molecule has 0 aliphatic rings. The highest BCUT2D eigenvalue weighted by atomic mass is 19.4. The van der Waals surface area contributed by atoms with Crippen molar-refractivity contribution < 1.29 is 27.3 Å². The van der Waals surface area contributed by atoms with Crippen LogP contribution in [0.5, 0.6) is 0 Å². The highest BCUT2D eigenvalue weighted by Gasteiger charge is 2.35. The average Bonchev–Trinajstić information content (AvgIpc) is 3.17. The first-order valence-corrected chi connectivity index (χ1v) is 8.91. The van der Waals surface area contributed by atoms with Crippen LogP contribution in [0.3, 0.4) is 0 Å². The topological polar surface area (TPSA) is 102 Å². The van der Waals surface area contributed by atoms with Crippen LogP contribution in [0.15, 0.2) is 60.7 Å². The van der Waals surface area contributed by atoms with Crippen LogP contribution < -0.4 is 5.32 Å². The molecule has 0 saturated carbocycles. The molecule has 4 aromatic rings. The summed E-state index contributed by atoms with van der Waals surface area (Å²) < 4.78 is 54.6. The lowest BCUT2D eigenvalue weighted by molar-refractivity contribution is -0.384. The van der Waals surface area contributed by atoms with Crippen molar-refractivity contribution >= 4 is 22.9 Å². The van der Waals surface area contributed by atoms with Crippen LogP contribution in [0.1, 0.15) is 16.2 Å². The maximum Gasteiger partial charge on any atom is 0.433 e. The van der Waals surface area contributed by atoms with Gasteiger partial charge in [0.25, 0.3) is 11.6 Å². The second kappa shape index (κ2) is 7.72. The van der Waals surface area contributed by atoms with Crippen molar-refractivity contribution in [3.05, 3.63) is 88.0 Å². The summed E-state index contributed by atoms with van der Waals surface area (Å²) in [7, 11) is 0. The Morgan fingerprint density at radius 1 is 1.03 bits per heavy atom. The van der Waals surface area contributed by atoms with Crippen molar-refractivity contribution in [1.29, 1.82) is 0 Å². The van der Waals surface area contributed by atoms with Crippen LogP contribution in [-0.2, 0) is 6.18 Å². The van der Waals surface area contributed by atoms with Gasteiger partial charge in [0.1, 0.15) is 5.82 Å². The van der Waals surface area contributed by atoms with E-state index < -0.39 is 28.5 Å². The number of hydrogen-bond donors (Lipinski definition) is 1. The lowest BCUT2D eigenvalue weighted by Crippen LogP contribution is -2.15. The van der Waals surface area contributed by atoms with Gasteiger partial charge >= 0.3 is 6.18 Å². The Bertz CT molecular complexity index is 1330. The van der Waals surface area contributed by atoms with E-state index in [2.05, 4.69) is 15.4 Å². The number of halogens is 4. The predicted molar refractivity (Wildman–Crippen MR) is 104 cm³/mol. The zero-order chi connectivity index (χ0) is 23.0. The Balaban J connectivity index is 1.72. The number of non-ortho nitro benzene ring substituents is 1. The first-order chi connectivity index (χ1) is 15.1. The van der Waals surface area contributed by atoms with Crippen LogP contribution in [0, 0.1) is 15.9 Å². The normalized spacial score (nSPS) is 11.5. The summed E-state index contributed by atoms with van der Waals surface area (Å²) in [6.07, 6.45) is -4.81. The Labute approximate surface area is 176 Å². The minimum absolute atomic E-state index is 0.0768. The molecule has 2 aromatic heterocycles. The summed E-state index contributed by atoms with van der Waals surface area (Å²) in [6.45, 7) is 0. The number of benzene rings is 2. The van der Waals surface area contributed by atoms with E-state index in [0.29, 0.717) is 4.52 Å². The number of carbonyl (C=O) groups excluding carboxylic acids is 1. The van der Waals surface area contributed by atoms with Gasteiger partial charge in [-0.15, -0.1) is 0 Å². The zero-order valence-electron chi connectivity index (χ0n) is 15.8. The van der Waals surface area contributed by atoms with Gasteiger partial charge in [0.05, 0.1) is 10.6 Å². The number of nitro benzene ring substituents is 1. The van der Waals surface area contributed by atoms with Gasteiger partial charge in [-0.25, -0.2) is 13.9 Å². The van der Waals surface area contributed by atoms with Gasteiger partial charge in [-0.2, -0.15) is 18.3 Å². The Morgan fingerprint density at radius 3 is 2.28 bits per heavy atom. The molecule has 0 aliphatic carbocycles. The molecule has 0 atom stereocenters. The second-order valence-electron chi connectivity index (χ2n) is 6.59. The van der Waals surface area contributed by atoms with Crippen LogP contribution in [0.4, 0.5) is 28.9 Å². The maximum atomic E-state index is 13.6. The molecule has 0 spiro atoms. The third kappa shape index (κ3) is 4.10. The fourth-order valence-corrected chi connectivity index (χ4v) is 2.92. The minimum atomic E-state index is -4.81. The zero-order valence-corrected chi connectivity index (χ0v) is 15.8. The number of rotatable bonds is 4. The lowest BCUT2D eigenvalue weighted by atomic mass is 10.1. The quantitative estimate of drug-likeness (QED) is 0.278. The van der Waals surface area contributed by atoms with Crippen molar-refractivity contribution in [2.75, 3.05) is 5.32 Å². The molecule has 2 heterocycles. The van der Waals surface area contributed by atoms with E-state index in [-0.39, 0.29) is 34.0 Å². The molecule has 2 aromatic carbocycles. The summed E-state index contributed by atoms with van der Waals surface area (Å²) in [6, 6.07) is 11.5. The number of hydrogen-bond acceptors (Lipinski definition) is 5. The number of nitrogens with one attached hydrogen (secondary N) is 1. The molecule has 0 radical (unpaired) electrons. The fourth-order valence-electron chi connectivity index (χ4n) is 2.92. The van der Waals surface area contributed by atoms with Crippen molar-refractivity contribution in [2.24, 2.45) is 0 Å². The number of anilines is 1. The summed E-state index contributed by atoms with van der Waals surface area (Å²) in [5.74, 6) is -1.39. The molecule has 1 amide bonds. The Kier molecular flexibility index (Phi) is 5.04. The van der Waals surface area contributed by atoms with Gasteiger partial charge in [-0.1, -0.05) is 0 Å². The van der Waals surface area contributed by atoms with E-state index in [9.17, 15) is 32.5 Å². The Morgan fingerprint density at radius 2 is 1.69 bits per heavy atom.